The van der Waals surface area contributed by atoms with Crippen LogP contribution in [-0.4, -0.2) is 63.0 Å². The summed E-state index contributed by atoms with van der Waals surface area (Å²) in [4.78, 5) is 50.3. The molecule has 0 unspecified atom stereocenters. The molecule has 0 atom stereocenters. The third kappa shape index (κ3) is 5.05. The molecule has 1 amide bonds. The van der Waals surface area contributed by atoms with E-state index in [1.165, 1.54) is 36.7 Å². The van der Waals surface area contributed by atoms with Gasteiger partial charge in [-0.25, -0.2) is 9.78 Å². The number of pyridine rings is 1. The molecule has 2 aliphatic rings. The van der Waals surface area contributed by atoms with Gasteiger partial charge in [-0.3, -0.25) is 19.1 Å². The maximum atomic E-state index is 13.7. The summed E-state index contributed by atoms with van der Waals surface area (Å²) in [6.45, 7) is 10.5. The minimum absolute atomic E-state index is 0.0655. The first-order valence-electron chi connectivity index (χ1n) is 12.6. The lowest BCUT2D eigenvalue weighted by molar-refractivity contribution is 0.0761. The van der Waals surface area contributed by atoms with Crippen LogP contribution < -0.4 is 11.2 Å². The van der Waals surface area contributed by atoms with Crippen LogP contribution in [0.15, 0.2) is 15.7 Å². The van der Waals surface area contributed by atoms with Crippen LogP contribution in [0.5, 0.6) is 0 Å². The van der Waals surface area contributed by atoms with E-state index in [1.807, 2.05) is 25.7 Å². The van der Waals surface area contributed by atoms with Crippen LogP contribution in [0.3, 0.4) is 0 Å². The van der Waals surface area contributed by atoms with Crippen molar-refractivity contribution in [2.24, 2.45) is 5.92 Å². The van der Waals surface area contributed by atoms with Gasteiger partial charge in [-0.15, -0.1) is 0 Å². The zero-order chi connectivity index (χ0) is 23.5. The summed E-state index contributed by atoms with van der Waals surface area (Å²) in [5, 5.41) is 0.217. The second-order valence-electron chi connectivity index (χ2n) is 9.90. The third-order valence-electron chi connectivity index (χ3n) is 7.22. The molecule has 3 heterocycles. The quantitative estimate of drug-likeness (QED) is 0.749. The predicted molar refractivity (Wildman–Crippen MR) is 130 cm³/mol. The highest BCUT2D eigenvalue weighted by Gasteiger charge is 2.26. The summed E-state index contributed by atoms with van der Waals surface area (Å²) in [6, 6.07) is 1.75. The Morgan fingerprint density at radius 2 is 1.85 bits per heavy atom. The normalized spacial score (nSPS) is 18.7. The van der Waals surface area contributed by atoms with E-state index in [-0.39, 0.29) is 17.2 Å². The molecule has 2 aromatic rings. The smallest absolute Gasteiger partial charge is 0.329 e. The van der Waals surface area contributed by atoms with Gasteiger partial charge >= 0.3 is 5.69 Å². The minimum atomic E-state index is -0.542. The molecule has 0 bridgehead atoms. The number of hydrogen-bond donors (Lipinski definition) is 1. The average molecular weight is 456 g/mol. The lowest BCUT2D eigenvalue weighted by atomic mass is 9.89. The molecule has 0 aromatic carbocycles. The number of fused-ring (bicyclic) bond motifs is 1. The SMILES string of the molecule is CCn1c(=O)[nH]c(=O)c2c(C(=O)N3CCCN(CC4CCCCC4)CC3)cc(C(C)C)nc21. The highest BCUT2D eigenvalue weighted by molar-refractivity contribution is 6.05. The molecule has 0 spiro atoms. The van der Waals surface area contributed by atoms with E-state index < -0.39 is 11.2 Å². The second-order valence-corrected chi connectivity index (χ2v) is 9.90. The average Bonchev–Trinajstić information content (AvgIpc) is 3.04. The largest absolute Gasteiger partial charge is 0.337 e. The molecule has 1 saturated heterocycles. The second kappa shape index (κ2) is 10.2. The van der Waals surface area contributed by atoms with Gasteiger partial charge in [-0.2, -0.15) is 0 Å². The van der Waals surface area contributed by atoms with E-state index in [1.54, 1.807) is 6.07 Å². The van der Waals surface area contributed by atoms with Crippen LogP contribution in [0.4, 0.5) is 0 Å². The van der Waals surface area contributed by atoms with Gasteiger partial charge in [0, 0.05) is 38.4 Å². The van der Waals surface area contributed by atoms with Crippen molar-refractivity contribution >= 4 is 16.9 Å². The Balaban J connectivity index is 1.63. The first kappa shape index (κ1) is 23.7. The fourth-order valence-electron chi connectivity index (χ4n) is 5.31. The molecule has 2 aromatic heterocycles. The van der Waals surface area contributed by atoms with E-state index in [2.05, 4.69) is 14.9 Å². The number of rotatable bonds is 5. The monoisotopic (exact) mass is 455 g/mol. The predicted octanol–water partition coefficient (Wildman–Crippen LogP) is 2.96. The molecular formula is C25H37N5O3. The first-order valence-corrected chi connectivity index (χ1v) is 12.6. The highest BCUT2D eigenvalue weighted by Crippen LogP contribution is 2.25. The van der Waals surface area contributed by atoms with E-state index in [0.29, 0.717) is 36.5 Å². The van der Waals surface area contributed by atoms with E-state index in [0.717, 1.165) is 32.0 Å². The Labute approximate surface area is 195 Å². The molecule has 1 aliphatic heterocycles. The van der Waals surface area contributed by atoms with Gasteiger partial charge in [0.05, 0.1) is 10.9 Å². The van der Waals surface area contributed by atoms with Crippen molar-refractivity contribution in [3.63, 3.8) is 0 Å². The van der Waals surface area contributed by atoms with Crippen LogP contribution in [0, 0.1) is 5.92 Å². The lowest BCUT2D eigenvalue weighted by Crippen LogP contribution is -2.38. The van der Waals surface area contributed by atoms with Gasteiger partial charge in [0.1, 0.15) is 0 Å². The first-order chi connectivity index (χ1) is 15.9. The van der Waals surface area contributed by atoms with E-state index >= 15 is 0 Å². The zero-order valence-corrected chi connectivity index (χ0v) is 20.2. The summed E-state index contributed by atoms with van der Waals surface area (Å²) >= 11 is 0. The summed E-state index contributed by atoms with van der Waals surface area (Å²) in [7, 11) is 0. The van der Waals surface area contributed by atoms with E-state index in [4.69, 9.17) is 0 Å². The van der Waals surface area contributed by atoms with Gasteiger partial charge in [0.2, 0.25) is 0 Å². The maximum Gasteiger partial charge on any atom is 0.329 e. The van der Waals surface area contributed by atoms with Gasteiger partial charge < -0.3 is 9.80 Å². The number of aromatic amines is 1. The molecule has 1 saturated carbocycles. The number of nitrogens with zero attached hydrogens (tertiary/aromatic N) is 4. The van der Waals surface area contributed by atoms with Crippen LogP contribution in [-0.2, 0) is 6.54 Å². The minimum Gasteiger partial charge on any atom is -0.337 e. The number of carbonyl (C=O) groups excluding carboxylic acids is 1. The summed E-state index contributed by atoms with van der Waals surface area (Å²) < 4.78 is 1.44. The standard InChI is InChI=1S/C25H37N5O3/c1-4-30-22-21(23(31)27-25(30)33)19(15-20(26-22)17(2)3)24(32)29-12-8-11-28(13-14-29)16-18-9-6-5-7-10-18/h15,17-18H,4-14,16H2,1-3H3,(H,27,31,33). The van der Waals surface area contributed by atoms with Crippen molar-refractivity contribution in [1.29, 1.82) is 0 Å². The molecule has 2 fully saturated rings. The van der Waals surface area contributed by atoms with Crippen LogP contribution in [0.2, 0.25) is 0 Å². The zero-order valence-electron chi connectivity index (χ0n) is 20.2. The number of aryl methyl sites for hydroxylation is 1. The molecule has 8 nitrogen and oxygen atoms in total. The molecular weight excluding hydrogens is 418 g/mol. The maximum absolute atomic E-state index is 13.7. The van der Waals surface area contributed by atoms with Crippen LogP contribution in [0.1, 0.15) is 81.3 Å². The Kier molecular flexibility index (Phi) is 7.32. The van der Waals surface area contributed by atoms with Crippen molar-refractivity contribution in [3.8, 4) is 0 Å². The van der Waals surface area contributed by atoms with Gasteiger partial charge in [-0.1, -0.05) is 33.1 Å². The van der Waals surface area contributed by atoms with Crippen molar-refractivity contribution in [1.82, 2.24) is 24.3 Å². The molecule has 33 heavy (non-hydrogen) atoms. The van der Waals surface area contributed by atoms with Gasteiger partial charge in [0.15, 0.2) is 5.65 Å². The van der Waals surface area contributed by atoms with Crippen LogP contribution in [0.25, 0.3) is 11.0 Å². The number of nitrogens with one attached hydrogen (secondary N) is 1. The van der Waals surface area contributed by atoms with Crippen LogP contribution >= 0.6 is 0 Å². The molecule has 0 radical (unpaired) electrons. The number of aromatic nitrogens is 3. The Bertz CT molecular complexity index is 1110. The number of hydrogen-bond acceptors (Lipinski definition) is 5. The molecule has 8 heteroatoms. The molecule has 4 rings (SSSR count). The number of carbonyl (C=O) groups is 1. The van der Waals surface area contributed by atoms with E-state index in [9.17, 15) is 14.4 Å². The van der Waals surface area contributed by atoms with Gasteiger partial charge in [-0.05, 0) is 50.6 Å². The van der Waals surface area contributed by atoms with Crippen molar-refractivity contribution in [2.45, 2.75) is 71.8 Å². The fraction of sp³-hybridized carbons (Fsp3) is 0.680. The lowest BCUT2D eigenvalue weighted by Gasteiger charge is -2.29. The summed E-state index contributed by atoms with van der Waals surface area (Å²) in [5.41, 5.74) is 0.337. The fourth-order valence-corrected chi connectivity index (χ4v) is 5.31. The number of H-pyrrole nitrogens is 1. The van der Waals surface area contributed by atoms with Crippen molar-refractivity contribution in [3.05, 3.63) is 38.2 Å². The third-order valence-corrected chi connectivity index (χ3v) is 7.22. The molecule has 1 aliphatic carbocycles. The Hall–Kier alpha value is -2.48. The molecule has 180 valence electrons. The topological polar surface area (TPSA) is 91.3 Å². The van der Waals surface area contributed by atoms with Gasteiger partial charge in [0.25, 0.3) is 11.5 Å². The summed E-state index contributed by atoms with van der Waals surface area (Å²) in [5.74, 6) is 0.703. The Morgan fingerprint density at radius 1 is 1.09 bits per heavy atom. The Morgan fingerprint density at radius 3 is 2.55 bits per heavy atom. The van der Waals surface area contributed by atoms with Crippen molar-refractivity contribution < 1.29 is 4.79 Å². The number of amides is 1. The summed E-state index contributed by atoms with van der Waals surface area (Å²) in [6.07, 6.45) is 7.61. The highest BCUT2D eigenvalue weighted by atomic mass is 16.2. The molecule has 1 N–H and O–H groups in total. The van der Waals surface area contributed by atoms with Crippen molar-refractivity contribution in [2.75, 3.05) is 32.7 Å².